The Hall–Kier alpha value is -1.48. The smallest absolute Gasteiger partial charge is 0.387 e. The average Bonchev–Trinajstić information content (AvgIpc) is 2.90. The van der Waals surface area contributed by atoms with Gasteiger partial charge in [0.25, 0.3) is 5.91 Å². The lowest BCUT2D eigenvalue weighted by Gasteiger charge is -2.11. The third kappa shape index (κ3) is 5.58. The van der Waals surface area contributed by atoms with Crippen molar-refractivity contribution in [1.82, 2.24) is 15.1 Å². The molecule has 1 heterocycles. The topological polar surface area (TPSA) is 56.2 Å². The van der Waals surface area contributed by atoms with E-state index in [2.05, 4.69) is 47.0 Å². The number of ether oxygens (including phenoxy) is 1. The molecular formula is C14H13Br2F2N3O2. The molecule has 0 unspecified atom stereocenters. The maximum absolute atomic E-state index is 12.4. The Morgan fingerprint density at radius 3 is 2.78 bits per heavy atom. The van der Waals surface area contributed by atoms with E-state index in [0.29, 0.717) is 24.0 Å². The second-order valence-corrected chi connectivity index (χ2v) is 6.38. The molecule has 0 saturated heterocycles. The highest BCUT2D eigenvalue weighted by Crippen LogP contribution is 2.24. The molecule has 1 N–H and O–H groups in total. The highest BCUT2D eigenvalue weighted by molar-refractivity contribution is 9.10. The maximum atomic E-state index is 12.4. The maximum Gasteiger partial charge on any atom is 0.387 e. The molecule has 0 atom stereocenters. The number of hydrogen-bond donors (Lipinski definition) is 1. The number of rotatable bonds is 7. The standard InChI is InChI=1S/C14H13Br2F2N3O2/c15-9-2-3-12(23-14(17)18)11(6-9)13(22)19-4-1-5-21-8-10(16)7-20-21/h2-3,6-8,14H,1,4-5H2,(H,19,22). The molecule has 0 bridgehead atoms. The number of nitrogens with zero attached hydrogens (tertiary/aromatic N) is 2. The summed E-state index contributed by atoms with van der Waals surface area (Å²) in [7, 11) is 0. The average molecular weight is 453 g/mol. The number of carbonyl (C=O) groups excluding carboxylic acids is 1. The lowest BCUT2D eigenvalue weighted by atomic mass is 10.2. The van der Waals surface area contributed by atoms with Crippen molar-refractivity contribution < 1.29 is 18.3 Å². The zero-order valence-electron chi connectivity index (χ0n) is 11.8. The Morgan fingerprint density at radius 2 is 2.13 bits per heavy atom. The summed E-state index contributed by atoms with van der Waals surface area (Å²) >= 11 is 6.50. The number of halogens is 4. The van der Waals surface area contributed by atoms with Gasteiger partial charge in [-0.2, -0.15) is 13.9 Å². The van der Waals surface area contributed by atoms with Gasteiger partial charge in [-0.3, -0.25) is 9.48 Å². The predicted molar refractivity (Wildman–Crippen MR) is 87.7 cm³/mol. The largest absolute Gasteiger partial charge is 0.434 e. The van der Waals surface area contributed by atoms with Gasteiger partial charge in [0.15, 0.2) is 0 Å². The third-order valence-electron chi connectivity index (χ3n) is 2.85. The van der Waals surface area contributed by atoms with Crippen LogP contribution in [0, 0.1) is 0 Å². The minimum atomic E-state index is -2.99. The van der Waals surface area contributed by atoms with Gasteiger partial charge in [0.1, 0.15) is 5.75 Å². The second-order valence-electron chi connectivity index (χ2n) is 4.55. The molecule has 0 aliphatic carbocycles. The third-order valence-corrected chi connectivity index (χ3v) is 3.76. The molecule has 0 fully saturated rings. The highest BCUT2D eigenvalue weighted by atomic mass is 79.9. The van der Waals surface area contributed by atoms with Gasteiger partial charge in [-0.25, -0.2) is 0 Å². The molecule has 1 aromatic heterocycles. The van der Waals surface area contributed by atoms with Gasteiger partial charge in [0.2, 0.25) is 0 Å². The van der Waals surface area contributed by atoms with Gasteiger partial charge in [0.05, 0.1) is 16.2 Å². The van der Waals surface area contributed by atoms with Crippen LogP contribution in [-0.2, 0) is 6.54 Å². The van der Waals surface area contributed by atoms with Gasteiger partial charge in [-0.15, -0.1) is 0 Å². The number of hydrogen-bond acceptors (Lipinski definition) is 3. The van der Waals surface area contributed by atoms with E-state index in [0.717, 1.165) is 4.47 Å². The molecular weight excluding hydrogens is 440 g/mol. The number of amides is 1. The minimum absolute atomic E-state index is 0.0570. The van der Waals surface area contributed by atoms with Crippen LogP contribution in [0.3, 0.4) is 0 Å². The Bertz CT molecular complexity index is 680. The van der Waals surface area contributed by atoms with Crippen LogP contribution in [0.4, 0.5) is 8.78 Å². The summed E-state index contributed by atoms with van der Waals surface area (Å²) in [5, 5.41) is 6.78. The first-order chi connectivity index (χ1) is 11.0. The first-order valence-electron chi connectivity index (χ1n) is 6.66. The fraction of sp³-hybridized carbons (Fsp3) is 0.286. The second kappa shape index (κ2) is 8.39. The van der Waals surface area contributed by atoms with Crippen molar-refractivity contribution in [1.29, 1.82) is 0 Å². The van der Waals surface area contributed by atoms with E-state index in [1.54, 1.807) is 10.9 Å². The van der Waals surface area contributed by atoms with E-state index in [1.165, 1.54) is 18.2 Å². The molecule has 1 aromatic carbocycles. The molecule has 0 aliphatic heterocycles. The number of benzene rings is 1. The van der Waals surface area contributed by atoms with Crippen molar-refractivity contribution in [2.45, 2.75) is 19.6 Å². The molecule has 0 saturated carbocycles. The Kier molecular flexibility index (Phi) is 6.52. The number of nitrogens with one attached hydrogen (secondary N) is 1. The summed E-state index contributed by atoms with van der Waals surface area (Å²) in [6, 6.07) is 4.30. The zero-order chi connectivity index (χ0) is 16.8. The summed E-state index contributed by atoms with van der Waals surface area (Å²) in [6.45, 7) is -1.97. The van der Waals surface area contributed by atoms with E-state index in [1.807, 2.05) is 6.20 Å². The van der Waals surface area contributed by atoms with E-state index in [-0.39, 0.29) is 11.3 Å². The van der Waals surface area contributed by atoms with Crippen LogP contribution in [0.1, 0.15) is 16.8 Å². The quantitative estimate of drug-likeness (QED) is 0.649. The summed E-state index contributed by atoms with van der Waals surface area (Å²) in [5.41, 5.74) is 0.0570. The molecule has 9 heteroatoms. The summed E-state index contributed by atoms with van der Waals surface area (Å²) < 4.78 is 32.3. The fourth-order valence-corrected chi connectivity index (χ4v) is 2.57. The summed E-state index contributed by atoms with van der Waals surface area (Å²) in [4.78, 5) is 12.1. The predicted octanol–water partition coefficient (Wildman–Crippen LogP) is 3.83. The number of aromatic nitrogens is 2. The number of carbonyl (C=O) groups is 1. The van der Waals surface area contributed by atoms with Crippen molar-refractivity contribution in [2.75, 3.05) is 6.54 Å². The Labute approximate surface area is 148 Å². The molecule has 2 aromatic rings. The Balaban J connectivity index is 1.90. The van der Waals surface area contributed by atoms with Gasteiger partial charge in [-0.05, 0) is 40.5 Å². The van der Waals surface area contributed by atoms with Crippen molar-refractivity contribution in [3.8, 4) is 5.75 Å². The first kappa shape index (κ1) is 17.9. The molecule has 5 nitrogen and oxygen atoms in total. The van der Waals surface area contributed by atoms with E-state index in [9.17, 15) is 13.6 Å². The van der Waals surface area contributed by atoms with Gasteiger partial charge in [-0.1, -0.05) is 15.9 Å². The van der Waals surface area contributed by atoms with Crippen LogP contribution < -0.4 is 10.1 Å². The zero-order valence-corrected chi connectivity index (χ0v) is 15.0. The first-order valence-corrected chi connectivity index (χ1v) is 8.25. The van der Waals surface area contributed by atoms with Crippen molar-refractivity contribution in [3.05, 3.63) is 45.1 Å². The van der Waals surface area contributed by atoms with Gasteiger partial charge in [0, 0.05) is 23.8 Å². The lowest BCUT2D eigenvalue weighted by molar-refractivity contribution is -0.0501. The highest BCUT2D eigenvalue weighted by Gasteiger charge is 2.16. The normalized spacial score (nSPS) is 10.8. The van der Waals surface area contributed by atoms with Crippen molar-refractivity contribution >= 4 is 37.8 Å². The molecule has 0 spiro atoms. The van der Waals surface area contributed by atoms with Crippen LogP contribution in [-0.4, -0.2) is 28.8 Å². The Morgan fingerprint density at radius 1 is 1.35 bits per heavy atom. The molecule has 23 heavy (non-hydrogen) atoms. The molecule has 2 rings (SSSR count). The van der Waals surface area contributed by atoms with Crippen LogP contribution in [0.15, 0.2) is 39.5 Å². The minimum Gasteiger partial charge on any atom is -0.434 e. The van der Waals surface area contributed by atoms with E-state index < -0.39 is 12.5 Å². The SMILES string of the molecule is O=C(NCCCn1cc(Br)cn1)c1cc(Br)ccc1OC(F)F. The van der Waals surface area contributed by atoms with E-state index >= 15 is 0 Å². The van der Waals surface area contributed by atoms with Crippen LogP contribution in [0.25, 0.3) is 0 Å². The number of alkyl halides is 2. The van der Waals surface area contributed by atoms with Gasteiger partial charge >= 0.3 is 6.61 Å². The molecule has 0 aliphatic rings. The van der Waals surface area contributed by atoms with Crippen molar-refractivity contribution in [3.63, 3.8) is 0 Å². The fourth-order valence-electron chi connectivity index (χ4n) is 1.88. The van der Waals surface area contributed by atoms with Gasteiger partial charge < -0.3 is 10.1 Å². The molecule has 1 amide bonds. The molecule has 124 valence electrons. The van der Waals surface area contributed by atoms with E-state index in [4.69, 9.17) is 0 Å². The van der Waals surface area contributed by atoms with Crippen LogP contribution in [0.5, 0.6) is 5.75 Å². The summed E-state index contributed by atoms with van der Waals surface area (Å²) in [5.74, 6) is -0.625. The number of aryl methyl sites for hydroxylation is 1. The lowest BCUT2D eigenvalue weighted by Crippen LogP contribution is -2.26. The summed E-state index contributed by atoms with van der Waals surface area (Å²) in [6.07, 6.45) is 4.15. The molecule has 0 radical (unpaired) electrons. The monoisotopic (exact) mass is 451 g/mol. The van der Waals surface area contributed by atoms with Crippen LogP contribution in [0.2, 0.25) is 0 Å². The van der Waals surface area contributed by atoms with Crippen LogP contribution >= 0.6 is 31.9 Å². The van der Waals surface area contributed by atoms with Crippen molar-refractivity contribution in [2.24, 2.45) is 0 Å².